The minimum atomic E-state index is -0.833. The first-order valence-electron chi connectivity index (χ1n) is 5.57. The lowest BCUT2D eigenvalue weighted by Crippen LogP contribution is -2.22. The summed E-state index contributed by atoms with van der Waals surface area (Å²) in [6, 6.07) is 6.04. The number of nitrogens with two attached hydrogens (primary N) is 3. The number of rotatable bonds is 4. The Kier molecular flexibility index (Phi) is 7.59. The van der Waals surface area contributed by atoms with E-state index in [9.17, 15) is 9.59 Å². The molecule has 21 heavy (non-hydrogen) atoms. The van der Waals surface area contributed by atoms with Gasteiger partial charge >= 0.3 is 5.97 Å². The van der Waals surface area contributed by atoms with Gasteiger partial charge in [-0.15, -0.1) is 0 Å². The number of carboxylic acids is 1. The molecule has 0 radical (unpaired) electrons. The highest BCUT2D eigenvalue weighted by Crippen LogP contribution is 2.13. The Balaban J connectivity index is 0.000000885. The number of hydrogen-bond donors (Lipinski definition) is 4. The molecule has 0 saturated heterocycles. The van der Waals surface area contributed by atoms with E-state index >= 15 is 0 Å². The molecule has 0 unspecified atom stereocenters. The fourth-order valence-corrected chi connectivity index (χ4v) is 1.04. The van der Waals surface area contributed by atoms with Crippen molar-refractivity contribution in [3.05, 3.63) is 29.8 Å². The van der Waals surface area contributed by atoms with Gasteiger partial charge in [-0.3, -0.25) is 9.59 Å². The van der Waals surface area contributed by atoms with Crippen molar-refractivity contribution in [3.63, 3.8) is 0 Å². The maximum absolute atomic E-state index is 11.4. The van der Waals surface area contributed by atoms with Gasteiger partial charge in [0, 0.05) is 6.92 Å². The average Bonchev–Trinajstić information content (AvgIpc) is 2.35. The first-order valence-corrected chi connectivity index (χ1v) is 5.57. The Hall–Kier alpha value is -3.10. The second kappa shape index (κ2) is 8.91. The second-order valence-corrected chi connectivity index (χ2v) is 3.65. The van der Waals surface area contributed by atoms with E-state index in [4.69, 9.17) is 27.1 Å². The Bertz CT molecular complexity index is 531. The summed E-state index contributed by atoms with van der Waals surface area (Å²) >= 11 is 0. The Morgan fingerprint density at radius 1 is 1.14 bits per heavy atom. The van der Waals surface area contributed by atoms with Crippen LogP contribution >= 0.6 is 0 Å². The quantitative estimate of drug-likeness (QED) is 0.324. The smallest absolute Gasteiger partial charge is 0.338 e. The van der Waals surface area contributed by atoms with Crippen molar-refractivity contribution in [2.75, 3.05) is 6.61 Å². The molecule has 0 aliphatic rings. The predicted molar refractivity (Wildman–Crippen MR) is 74.7 cm³/mol. The van der Waals surface area contributed by atoms with Crippen molar-refractivity contribution in [1.29, 1.82) is 0 Å². The average molecular weight is 296 g/mol. The highest BCUT2D eigenvalue weighted by Gasteiger charge is 2.07. The molecule has 9 nitrogen and oxygen atoms in total. The molecule has 0 atom stereocenters. The highest BCUT2D eigenvalue weighted by molar-refractivity contribution is 5.91. The van der Waals surface area contributed by atoms with Crippen molar-refractivity contribution >= 4 is 29.5 Å². The normalized spacial score (nSPS) is 8.81. The van der Waals surface area contributed by atoms with Crippen LogP contribution in [0, 0.1) is 0 Å². The van der Waals surface area contributed by atoms with Crippen molar-refractivity contribution in [2.45, 2.75) is 6.92 Å². The van der Waals surface area contributed by atoms with Crippen LogP contribution in [0.15, 0.2) is 29.3 Å². The molecule has 0 aromatic heterocycles. The van der Waals surface area contributed by atoms with Crippen LogP contribution < -0.4 is 17.2 Å². The molecular weight excluding hydrogens is 280 g/mol. The van der Waals surface area contributed by atoms with E-state index in [1.165, 1.54) is 12.1 Å². The van der Waals surface area contributed by atoms with Crippen LogP contribution in [0.5, 0.6) is 0 Å². The Morgan fingerprint density at radius 3 is 2.00 bits per heavy atom. The van der Waals surface area contributed by atoms with Crippen LogP contribution in [0.25, 0.3) is 0 Å². The van der Waals surface area contributed by atoms with Crippen LogP contribution in [0.2, 0.25) is 0 Å². The second-order valence-electron chi connectivity index (χ2n) is 3.65. The lowest BCUT2D eigenvalue weighted by Gasteiger charge is -2.02. The summed E-state index contributed by atoms with van der Waals surface area (Å²) in [6.45, 7) is 0.633. The maximum atomic E-state index is 11.4. The summed E-state index contributed by atoms with van der Waals surface area (Å²) in [5.41, 5.74) is 16.0. The van der Waals surface area contributed by atoms with Crippen LogP contribution in [0.1, 0.15) is 17.3 Å². The molecule has 9 heteroatoms. The minimum Gasteiger partial charge on any atom is -0.481 e. The van der Waals surface area contributed by atoms with E-state index in [2.05, 4.69) is 9.73 Å². The van der Waals surface area contributed by atoms with Gasteiger partial charge in [0.15, 0.2) is 12.6 Å². The zero-order chi connectivity index (χ0) is 16.4. The predicted octanol–water partition coefficient (Wildman–Crippen LogP) is -0.675. The van der Waals surface area contributed by atoms with Crippen molar-refractivity contribution < 1.29 is 24.2 Å². The van der Waals surface area contributed by atoms with E-state index in [0.717, 1.165) is 6.92 Å². The van der Waals surface area contributed by atoms with Gasteiger partial charge < -0.3 is 27.0 Å². The zero-order valence-corrected chi connectivity index (χ0v) is 11.3. The molecule has 0 aliphatic heterocycles. The lowest BCUT2D eigenvalue weighted by molar-refractivity contribution is -0.134. The largest absolute Gasteiger partial charge is 0.481 e. The van der Waals surface area contributed by atoms with Gasteiger partial charge in [0.1, 0.15) is 0 Å². The number of esters is 1. The molecule has 1 rings (SSSR count). The van der Waals surface area contributed by atoms with Gasteiger partial charge in [0.2, 0.25) is 0 Å². The number of aliphatic carboxylic acids is 1. The number of carbonyl (C=O) groups excluding carboxylic acids is 2. The lowest BCUT2D eigenvalue weighted by atomic mass is 10.2. The SMILES string of the molecule is CC(=O)O.NC(=O)COC(=O)c1ccc(N=C(N)N)cc1. The fourth-order valence-electron chi connectivity index (χ4n) is 1.04. The number of nitrogens with zero attached hydrogens (tertiary/aromatic N) is 1. The zero-order valence-electron chi connectivity index (χ0n) is 11.3. The first kappa shape index (κ1) is 17.9. The van der Waals surface area contributed by atoms with E-state index in [0.29, 0.717) is 5.69 Å². The molecule has 0 aliphatic carbocycles. The Labute approximate surface area is 120 Å². The van der Waals surface area contributed by atoms with E-state index in [1.54, 1.807) is 12.1 Å². The molecule has 0 heterocycles. The number of benzene rings is 1. The first-order chi connectivity index (χ1) is 9.72. The summed E-state index contributed by atoms with van der Waals surface area (Å²) in [7, 11) is 0. The molecule has 1 amide bonds. The van der Waals surface area contributed by atoms with Gasteiger partial charge in [-0.05, 0) is 24.3 Å². The standard InChI is InChI=1S/C10H12N4O3.C2H4O2/c11-8(15)5-17-9(16)6-1-3-7(4-2-6)14-10(12)13;1-2(3)4/h1-4H,5H2,(H2,11,15)(H4,12,13,14);1H3,(H,3,4). The number of ether oxygens (including phenoxy) is 1. The third kappa shape index (κ3) is 9.47. The number of hydrogen-bond acceptors (Lipinski definition) is 5. The minimum absolute atomic E-state index is 0.0749. The molecule has 1 aromatic carbocycles. The summed E-state index contributed by atoms with van der Waals surface area (Å²) in [5.74, 6) is -2.26. The Morgan fingerprint density at radius 2 is 1.62 bits per heavy atom. The van der Waals surface area contributed by atoms with Crippen LogP contribution in [0.3, 0.4) is 0 Å². The number of primary amides is 1. The summed E-state index contributed by atoms with van der Waals surface area (Å²) in [4.78, 5) is 34.6. The van der Waals surface area contributed by atoms with E-state index in [-0.39, 0.29) is 11.5 Å². The third-order valence-electron chi connectivity index (χ3n) is 1.71. The van der Waals surface area contributed by atoms with E-state index < -0.39 is 24.5 Å². The number of carboxylic acid groups (broad SMARTS) is 1. The van der Waals surface area contributed by atoms with Crippen LogP contribution in [0.4, 0.5) is 5.69 Å². The van der Waals surface area contributed by atoms with Gasteiger partial charge in [0.05, 0.1) is 11.3 Å². The monoisotopic (exact) mass is 296 g/mol. The molecule has 0 bridgehead atoms. The number of amides is 1. The summed E-state index contributed by atoms with van der Waals surface area (Å²) in [5, 5.41) is 7.42. The molecular formula is C12H16N4O5. The van der Waals surface area contributed by atoms with Gasteiger partial charge in [-0.2, -0.15) is 0 Å². The molecule has 0 saturated carbocycles. The number of guanidine groups is 1. The van der Waals surface area contributed by atoms with Gasteiger partial charge in [0.25, 0.3) is 11.9 Å². The number of carbonyl (C=O) groups is 3. The third-order valence-corrected chi connectivity index (χ3v) is 1.71. The van der Waals surface area contributed by atoms with Crippen molar-refractivity contribution in [2.24, 2.45) is 22.2 Å². The molecule has 0 fully saturated rings. The maximum Gasteiger partial charge on any atom is 0.338 e. The van der Waals surface area contributed by atoms with Gasteiger partial charge in [-0.1, -0.05) is 0 Å². The fraction of sp³-hybridized carbons (Fsp3) is 0.167. The van der Waals surface area contributed by atoms with Crippen LogP contribution in [-0.2, 0) is 14.3 Å². The van der Waals surface area contributed by atoms with Crippen LogP contribution in [-0.4, -0.2) is 35.5 Å². The van der Waals surface area contributed by atoms with Crippen molar-refractivity contribution in [3.8, 4) is 0 Å². The van der Waals surface area contributed by atoms with E-state index in [1.807, 2.05) is 0 Å². The van der Waals surface area contributed by atoms with Gasteiger partial charge in [-0.25, -0.2) is 9.79 Å². The summed E-state index contributed by atoms with van der Waals surface area (Å²) in [6.07, 6.45) is 0. The molecule has 1 aromatic rings. The number of aliphatic imine (C=N–C) groups is 1. The summed E-state index contributed by atoms with van der Waals surface area (Å²) < 4.78 is 4.61. The van der Waals surface area contributed by atoms with Crippen molar-refractivity contribution in [1.82, 2.24) is 0 Å². The highest BCUT2D eigenvalue weighted by atomic mass is 16.5. The molecule has 0 spiro atoms. The molecule has 7 N–H and O–H groups in total. The molecule has 114 valence electrons. The topological polar surface area (TPSA) is 171 Å².